The van der Waals surface area contributed by atoms with Crippen LogP contribution in [0.15, 0.2) is 46.3 Å². The van der Waals surface area contributed by atoms with E-state index in [-0.39, 0.29) is 5.91 Å². The molecule has 0 spiro atoms. The molecule has 4 rings (SSSR count). The number of fused-ring (bicyclic) bond motifs is 3. The van der Waals surface area contributed by atoms with Crippen LogP contribution in [0, 0.1) is 0 Å². The number of carbonyl (C=O) groups excluding carboxylic acids is 1. The van der Waals surface area contributed by atoms with Crippen LogP contribution in [-0.4, -0.2) is 11.1 Å². The first kappa shape index (κ1) is 13.3. The Bertz CT molecular complexity index is 820. The summed E-state index contributed by atoms with van der Waals surface area (Å²) in [5, 5.41) is 8.97. The first-order valence-electron chi connectivity index (χ1n) is 7.20. The number of aryl methyl sites for hydroxylation is 1. The molecule has 1 aliphatic carbocycles. The summed E-state index contributed by atoms with van der Waals surface area (Å²) in [5.74, 6) is 0.583. The van der Waals surface area contributed by atoms with Gasteiger partial charge in [0.25, 0.3) is 5.91 Å². The second kappa shape index (κ2) is 5.42. The first-order chi connectivity index (χ1) is 10.8. The van der Waals surface area contributed by atoms with Gasteiger partial charge in [-0.2, -0.15) is 0 Å². The number of benzene rings is 1. The van der Waals surface area contributed by atoms with Crippen LogP contribution in [0.5, 0.6) is 0 Å². The van der Waals surface area contributed by atoms with Crippen LogP contribution >= 0.6 is 11.3 Å². The molecule has 0 aliphatic heterocycles. The molecule has 22 heavy (non-hydrogen) atoms. The summed E-state index contributed by atoms with van der Waals surface area (Å²) in [4.78, 5) is 13.7. The van der Waals surface area contributed by atoms with Crippen molar-refractivity contribution in [3.8, 4) is 11.3 Å². The molecule has 1 aliphatic rings. The van der Waals surface area contributed by atoms with E-state index in [1.54, 1.807) is 11.3 Å². The summed E-state index contributed by atoms with van der Waals surface area (Å²) in [5.41, 5.74) is 3.49. The zero-order valence-electron chi connectivity index (χ0n) is 11.8. The van der Waals surface area contributed by atoms with Crippen LogP contribution in [-0.2, 0) is 19.4 Å². The number of carbonyl (C=O) groups is 1. The lowest BCUT2D eigenvalue weighted by molar-refractivity contribution is 0.0941. The number of nitrogens with one attached hydrogen (secondary N) is 1. The summed E-state index contributed by atoms with van der Waals surface area (Å²) in [7, 11) is 0. The fourth-order valence-electron chi connectivity index (χ4n) is 2.77. The maximum atomic E-state index is 12.4. The molecule has 5 heteroatoms. The number of nitrogens with zero attached hydrogens (tertiary/aromatic N) is 1. The Morgan fingerprint density at radius 3 is 2.95 bits per heavy atom. The van der Waals surface area contributed by atoms with Crippen molar-refractivity contribution in [2.45, 2.75) is 19.4 Å². The molecule has 1 aromatic carbocycles. The van der Waals surface area contributed by atoms with Gasteiger partial charge in [-0.3, -0.25) is 4.79 Å². The zero-order valence-corrected chi connectivity index (χ0v) is 12.7. The Hall–Kier alpha value is -2.40. The van der Waals surface area contributed by atoms with E-state index in [1.807, 2.05) is 36.4 Å². The van der Waals surface area contributed by atoms with E-state index in [0.717, 1.165) is 35.3 Å². The topological polar surface area (TPSA) is 55.1 Å². The number of hydrogen-bond donors (Lipinski definition) is 1. The van der Waals surface area contributed by atoms with Gasteiger partial charge in [0.1, 0.15) is 0 Å². The maximum Gasteiger partial charge on any atom is 0.274 e. The normalized spacial score (nSPS) is 12.5. The molecule has 2 heterocycles. The molecule has 0 radical (unpaired) electrons. The molecule has 0 saturated heterocycles. The molecule has 4 nitrogen and oxygen atoms in total. The van der Waals surface area contributed by atoms with Crippen molar-refractivity contribution in [2.24, 2.45) is 0 Å². The Balaban J connectivity index is 1.56. The number of thiophene rings is 1. The summed E-state index contributed by atoms with van der Waals surface area (Å²) >= 11 is 1.73. The molecule has 0 saturated carbocycles. The molecule has 0 fully saturated rings. The van der Waals surface area contributed by atoms with Gasteiger partial charge < -0.3 is 9.84 Å². The minimum Gasteiger partial charge on any atom is -0.355 e. The summed E-state index contributed by atoms with van der Waals surface area (Å²) in [6, 6.07) is 11.9. The highest BCUT2D eigenvalue weighted by atomic mass is 32.1. The number of amides is 1. The van der Waals surface area contributed by atoms with E-state index in [4.69, 9.17) is 4.52 Å². The van der Waals surface area contributed by atoms with Gasteiger partial charge in [-0.1, -0.05) is 35.5 Å². The van der Waals surface area contributed by atoms with Crippen molar-refractivity contribution in [1.82, 2.24) is 10.5 Å². The van der Waals surface area contributed by atoms with Gasteiger partial charge >= 0.3 is 0 Å². The SMILES string of the molecule is O=C(NCc1ccccc1)c1noc2c1CCc1sccc1-2. The monoisotopic (exact) mass is 310 g/mol. The van der Waals surface area contributed by atoms with Crippen LogP contribution in [0.2, 0.25) is 0 Å². The van der Waals surface area contributed by atoms with Crippen molar-refractivity contribution in [3.05, 3.63) is 63.5 Å². The summed E-state index contributed by atoms with van der Waals surface area (Å²) in [6.07, 6.45) is 1.75. The Morgan fingerprint density at radius 2 is 2.09 bits per heavy atom. The van der Waals surface area contributed by atoms with Crippen molar-refractivity contribution in [1.29, 1.82) is 0 Å². The van der Waals surface area contributed by atoms with Gasteiger partial charge in [0.05, 0.1) is 0 Å². The van der Waals surface area contributed by atoms with E-state index >= 15 is 0 Å². The third-order valence-corrected chi connectivity index (χ3v) is 4.87. The Kier molecular flexibility index (Phi) is 3.27. The van der Waals surface area contributed by atoms with Crippen LogP contribution in [0.25, 0.3) is 11.3 Å². The van der Waals surface area contributed by atoms with Gasteiger partial charge in [-0.15, -0.1) is 11.3 Å². The van der Waals surface area contributed by atoms with Crippen LogP contribution in [0.4, 0.5) is 0 Å². The van der Waals surface area contributed by atoms with Crippen LogP contribution in [0.1, 0.15) is 26.5 Å². The molecular formula is C17H14N2O2S. The number of aromatic nitrogens is 1. The smallest absolute Gasteiger partial charge is 0.274 e. The molecule has 3 aromatic rings. The summed E-state index contributed by atoms with van der Waals surface area (Å²) < 4.78 is 5.44. The third kappa shape index (κ3) is 2.23. The molecule has 1 amide bonds. The average molecular weight is 310 g/mol. The lowest BCUT2D eigenvalue weighted by Crippen LogP contribution is -2.24. The van der Waals surface area contributed by atoms with Crippen LogP contribution in [0.3, 0.4) is 0 Å². The van der Waals surface area contributed by atoms with E-state index in [1.165, 1.54) is 4.88 Å². The van der Waals surface area contributed by atoms with Crippen molar-refractivity contribution < 1.29 is 9.32 Å². The van der Waals surface area contributed by atoms with E-state index in [2.05, 4.69) is 15.9 Å². The minimum absolute atomic E-state index is 0.174. The van der Waals surface area contributed by atoms with Gasteiger partial charge in [-0.25, -0.2) is 0 Å². The van der Waals surface area contributed by atoms with Gasteiger partial charge in [0.15, 0.2) is 11.5 Å². The predicted octanol–water partition coefficient (Wildman–Crippen LogP) is 3.43. The largest absolute Gasteiger partial charge is 0.355 e. The van der Waals surface area contributed by atoms with Gasteiger partial charge in [0.2, 0.25) is 0 Å². The van der Waals surface area contributed by atoms with Crippen molar-refractivity contribution >= 4 is 17.2 Å². The summed E-state index contributed by atoms with van der Waals surface area (Å²) in [6.45, 7) is 0.491. The average Bonchev–Trinajstić information content (AvgIpc) is 3.19. The fourth-order valence-corrected chi connectivity index (χ4v) is 3.64. The quantitative estimate of drug-likeness (QED) is 0.806. The standard InChI is InChI=1S/C17H14N2O2S/c20-17(18-10-11-4-2-1-3-5-11)15-13-6-7-14-12(8-9-22-14)16(13)21-19-15/h1-5,8-9H,6-7,10H2,(H,18,20). The second-order valence-corrected chi connectivity index (χ2v) is 6.27. The van der Waals surface area contributed by atoms with E-state index < -0.39 is 0 Å². The minimum atomic E-state index is -0.174. The first-order valence-corrected chi connectivity index (χ1v) is 8.08. The van der Waals surface area contributed by atoms with Crippen LogP contribution < -0.4 is 5.32 Å². The molecule has 0 atom stereocenters. The van der Waals surface area contributed by atoms with Gasteiger partial charge in [0, 0.05) is 22.5 Å². The molecule has 0 unspecified atom stereocenters. The molecule has 110 valence electrons. The lowest BCUT2D eigenvalue weighted by Gasteiger charge is -2.10. The zero-order chi connectivity index (χ0) is 14.9. The van der Waals surface area contributed by atoms with E-state index in [9.17, 15) is 4.79 Å². The van der Waals surface area contributed by atoms with E-state index in [0.29, 0.717) is 12.2 Å². The number of hydrogen-bond acceptors (Lipinski definition) is 4. The Morgan fingerprint density at radius 1 is 1.23 bits per heavy atom. The lowest BCUT2D eigenvalue weighted by atomic mass is 9.95. The highest BCUT2D eigenvalue weighted by molar-refractivity contribution is 7.10. The third-order valence-electron chi connectivity index (χ3n) is 3.89. The molecule has 0 bridgehead atoms. The fraction of sp³-hybridized carbons (Fsp3) is 0.176. The van der Waals surface area contributed by atoms with Gasteiger partial charge in [-0.05, 0) is 29.9 Å². The molecular weight excluding hydrogens is 296 g/mol. The second-order valence-electron chi connectivity index (χ2n) is 5.26. The molecule has 2 aromatic heterocycles. The Labute approximate surface area is 131 Å². The maximum absolute atomic E-state index is 12.4. The highest BCUT2D eigenvalue weighted by Gasteiger charge is 2.28. The van der Waals surface area contributed by atoms with Crippen molar-refractivity contribution in [2.75, 3.05) is 0 Å². The highest BCUT2D eigenvalue weighted by Crippen LogP contribution is 2.37. The number of rotatable bonds is 3. The van der Waals surface area contributed by atoms with Crippen molar-refractivity contribution in [3.63, 3.8) is 0 Å². The molecule has 1 N–H and O–H groups in total. The predicted molar refractivity (Wildman–Crippen MR) is 84.8 cm³/mol.